The highest BCUT2D eigenvalue weighted by Crippen LogP contribution is 2.41. The monoisotopic (exact) mass is 1230 g/mol. The predicted molar refractivity (Wildman–Crippen MR) is 314 cm³/mol. The first-order valence-electron chi connectivity index (χ1n) is 25.7. The number of cyclic esters (lactones) is 1. The second-order valence-corrected chi connectivity index (χ2v) is 42.2. The van der Waals surface area contributed by atoms with E-state index in [9.17, 15) is 25.2 Å². The number of esters is 1. The van der Waals surface area contributed by atoms with Gasteiger partial charge in [-0.1, -0.05) is 69.5 Å². The van der Waals surface area contributed by atoms with Crippen LogP contribution in [-0.2, 0) is 55.3 Å². The molecule has 0 spiro atoms. The van der Waals surface area contributed by atoms with Crippen LogP contribution in [-0.4, -0.2) is 142 Å². The SMILES string of the molecule is CCOc1ccc(Cc2cc(Br)ccc2Cl)cc1.CCOc1ccc(Cc2cc(C3(OC)O[C@H](CO)[C@@H](O)[C@H](O)[C@H]3O)ccc2Cl)cc1.C[Si](C)(C)OC[C@H]1OC(=O)[C@H](O[Si](C)(C)C)[C@@H](O[Si](C)(C)C)[C@@H]1O[Si](C)(C)C. The molecule has 424 valence electrons. The Labute approximate surface area is 474 Å². The molecule has 0 aliphatic carbocycles. The lowest BCUT2D eigenvalue weighted by Gasteiger charge is -2.47. The van der Waals surface area contributed by atoms with Crippen LogP contribution in [0.25, 0.3) is 0 Å². The molecule has 2 saturated heterocycles. The Morgan fingerprint density at radius 2 is 1.09 bits per heavy atom. The summed E-state index contributed by atoms with van der Waals surface area (Å²) < 4.78 is 54.4. The van der Waals surface area contributed by atoms with Crippen LogP contribution in [0, 0.1) is 0 Å². The summed E-state index contributed by atoms with van der Waals surface area (Å²) in [6, 6.07) is 26.7. The molecule has 0 bridgehead atoms. The van der Waals surface area contributed by atoms with Crippen LogP contribution >= 0.6 is 39.1 Å². The lowest BCUT2D eigenvalue weighted by molar-refractivity contribution is -0.366. The number of hydrogen-bond donors (Lipinski definition) is 4. The van der Waals surface area contributed by atoms with E-state index in [2.05, 4.69) is 113 Å². The van der Waals surface area contributed by atoms with Crippen LogP contribution in [0.1, 0.15) is 41.7 Å². The standard InChI is InChI=1S/C22H27ClO7.C18H42O6Si4.C15H14BrClO/c1-3-29-16-7-4-13(5-8-16)10-14-11-15(6-9-17(14)23)22(28-2)21(27)20(26)19(25)18(12-24)30-22;1-25(2,3)20-13-14-15(22-26(4,5)6)16(23-27(7,8)9)17(18(19)21-14)24-28(10,11)12;1-2-18-14-6-3-11(4-7-14)9-12-10-13(16)5-8-15(12)17/h4-9,11,18-21,24-27H,3,10,12H2,1-2H3;14-17H,13H2,1-12H3;3-8,10H,2,9H2,1H3/t18-,19-,20+,21-,22?;14-,15-,16+,17-;/m11./s1. The molecule has 9 atom stereocenters. The van der Waals surface area contributed by atoms with Gasteiger partial charge < -0.3 is 61.8 Å². The second kappa shape index (κ2) is 28.8. The van der Waals surface area contributed by atoms with Gasteiger partial charge in [-0.3, -0.25) is 0 Å². The summed E-state index contributed by atoms with van der Waals surface area (Å²) in [5, 5.41) is 41.9. The summed E-state index contributed by atoms with van der Waals surface area (Å²) in [5.74, 6) is -0.447. The van der Waals surface area contributed by atoms with Gasteiger partial charge >= 0.3 is 5.97 Å². The van der Waals surface area contributed by atoms with E-state index >= 15 is 0 Å². The van der Waals surface area contributed by atoms with Gasteiger partial charge in [-0.2, -0.15) is 0 Å². The highest BCUT2D eigenvalue weighted by atomic mass is 79.9. The van der Waals surface area contributed by atoms with Gasteiger partial charge in [0.1, 0.15) is 48.1 Å². The Morgan fingerprint density at radius 1 is 0.618 bits per heavy atom. The normalized spacial score (nSPS) is 24.1. The van der Waals surface area contributed by atoms with Gasteiger partial charge in [0.25, 0.3) is 0 Å². The average molecular weight is 1230 g/mol. The van der Waals surface area contributed by atoms with E-state index in [0.29, 0.717) is 36.8 Å². The molecule has 21 heteroatoms. The number of rotatable bonds is 20. The maximum atomic E-state index is 12.9. The van der Waals surface area contributed by atoms with Crippen molar-refractivity contribution >= 4 is 78.4 Å². The average Bonchev–Trinajstić information content (AvgIpc) is 3.32. The van der Waals surface area contributed by atoms with Crippen LogP contribution in [0.5, 0.6) is 11.5 Å². The number of aliphatic hydroxyl groups is 4. The molecule has 2 aliphatic heterocycles. The van der Waals surface area contributed by atoms with Crippen LogP contribution in [0.4, 0.5) is 0 Å². The molecular weight excluding hydrogens is 1150 g/mol. The van der Waals surface area contributed by atoms with Gasteiger partial charge in [-0.15, -0.1) is 0 Å². The Morgan fingerprint density at radius 3 is 1.54 bits per heavy atom. The zero-order valence-electron chi connectivity index (χ0n) is 46.9. The van der Waals surface area contributed by atoms with Crippen molar-refractivity contribution < 1.29 is 66.6 Å². The van der Waals surface area contributed by atoms with Crippen LogP contribution in [0.15, 0.2) is 89.4 Å². The van der Waals surface area contributed by atoms with Crippen LogP contribution in [0.2, 0.25) is 88.6 Å². The fourth-order valence-electron chi connectivity index (χ4n) is 8.30. The highest BCUT2D eigenvalue weighted by molar-refractivity contribution is 9.10. The lowest BCUT2D eigenvalue weighted by atomic mass is 9.87. The Balaban J connectivity index is 0.000000254. The van der Waals surface area contributed by atoms with Crippen molar-refractivity contribution in [3.63, 3.8) is 0 Å². The topological polar surface area (TPSA) is 181 Å². The number of carbonyl (C=O) groups excluding carboxylic acids is 1. The van der Waals surface area contributed by atoms with Crippen molar-refractivity contribution in [2.75, 3.05) is 33.5 Å². The van der Waals surface area contributed by atoms with E-state index in [4.69, 9.17) is 64.6 Å². The van der Waals surface area contributed by atoms with E-state index in [0.717, 1.165) is 44.1 Å². The third-order valence-corrected chi connectivity index (χ3v) is 16.8. The number of halogens is 3. The summed E-state index contributed by atoms with van der Waals surface area (Å²) in [4.78, 5) is 12.9. The molecular formula is C55H83BrCl2O14Si4. The van der Waals surface area contributed by atoms with Crippen molar-refractivity contribution in [3.8, 4) is 11.5 Å². The number of carbonyl (C=O) groups is 1. The number of benzene rings is 4. The molecule has 0 amide bonds. The molecule has 6 rings (SSSR count). The van der Waals surface area contributed by atoms with Gasteiger partial charge in [0.05, 0.1) is 26.4 Å². The first kappa shape index (κ1) is 66.0. The number of aliphatic hydroxyl groups excluding tert-OH is 4. The zero-order chi connectivity index (χ0) is 57.0. The molecule has 4 aromatic carbocycles. The molecule has 1 unspecified atom stereocenters. The molecule has 2 fully saturated rings. The Hall–Kier alpha value is -2.52. The number of methoxy groups -OCH3 is 1. The van der Waals surface area contributed by atoms with Crippen molar-refractivity contribution in [1.82, 2.24) is 0 Å². The molecule has 4 N–H and O–H groups in total. The summed E-state index contributed by atoms with van der Waals surface area (Å²) in [6.45, 7) is 30.3. The molecule has 4 aromatic rings. The molecule has 0 radical (unpaired) electrons. The van der Waals surface area contributed by atoms with E-state index < -0.39 is 88.4 Å². The predicted octanol–water partition coefficient (Wildman–Crippen LogP) is 11.1. The molecule has 0 saturated carbocycles. The van der Waals surface area contributed by atoms with Gasteiger partial charge in [0.15, 0.2) is 45.5 Å². The third-order valence-electron chi connectivity index (χ3n) is 11.6. The summed E-state index contributed by atoms with van der Waals surface area (Å²) in [7, 11) is -6.34. The Bertz CT molecular complexity index is 2430. The van der Waals surface area contributed by atoms with Crippen molar-refractivity contribution in [3.05, 3.63) is 127 Å². The fraction of sp³-hybridized carbons (Fsp3) is 0.545. The van der Waals surface area contributed by atoms with E-state index in [-0.39, 0.29) is 12.1 Å². The Kier molecular flexibility index (Phi) is 25.0. The maximum Gasteiger partial charge on any atom is 0.337 e. The largest absolute Gasteiger partial charge is 0.494 e. The fourth-order valence-corrected chi connectivity index (χ4v) is 12.9. The minimum Gasteiger partial charge on any atom is -0.494 e. The van der Waals surface area contributed by atoms with Crippen molar-refractivity contribution in [1.29, 1.82) is 0 Å². The summed E-state index contributed by atoms with van der Waals surface area (Å²) >= 11 is 16.0. The minimum absolute atomic E-state index is 0.335. The number of ether oxygens (including phenoxy) is 5. The molecule has 14 nitrogen and oxygen atoms in total. The highest BCUT2D eigenvalue weighted by Gasteiger charge is 2.55. The smallest absolute Gasteiger partial charge is 0.337 e. The van der Waals surface area contributed by atoms with Crippen molar-refractivity contribution in [2.24, 2.45) is 0 Å². The van der Waals surface area contributed by atoms with E-state index in [1.807, 2.05) is 62.4 Å². The van der Waals surface area contributed by atoms with E-state index in [1.54, 1.807) is 18.2 Å². The maximum absolute atomic E-state index is 12.9. The number of hydrogen-bond acceptors (Lipinski definition) is 14. The van der Waals surface area contributed by atoms with Gasteiger partial charge in [0.2, 0.25) is 5.79 Å². The van der Waals surface area contributed by atoms with Gasteiger partial charge in [-0.25, -0.2) is 4.79 Å². The molecule has 0 aromatic heterocycles. The molecule has 76 heavy (non-hydrogen) atoms. The van der Waals surface area contributed by atoms with Crippen LogP contribution in [0.3, 0.4) is 0 Å². The first-order valence-corrected chi connectivity index (χ1v) is 40.9. The third kappa shape index (κ3) is 20.2. The summed E-state index contributed by atoms with van der Waals surface area (Å²) in [6.07, 6.45) is -6.49. The summed E-state index contributed by atoms with van der Waals surface area (Å²) in [5.41, 5.74) is 4.50. The zero-order valence-corrected chi connectivity index (χ0v) is 54.0. The first-order chi connectivity index (χ1) is 35.3. The van der Waals surface area contributed by atoms with Gasteiger partial charge in [-0.05, 0) is 182 Å². The second-order valence-electron chi connectivity index (χ2n) is 22.6. The van der Waals surface area contributed by atoms with E-state index in [1.165, 1.54) is 12.7 Å². The quantitative estimate of drug-likeness (QED) is 0.0485. The van der Waals surface area contributed by atoms with Crippen molar-refractivity contribution in [2.45, 2.75) is 160 Å². The lowest BCUT2D eigenvalue weighted by Crippen LogP contribution is -2.64. The van der Waals surface area contributed by atoms with Crippen LogP contribution < -0.4 is 9.47 Å². The minimum atomic E-state index is -2.00. The molecule has 2 aliphatic rings. The molecule has 2 heterocycles. The van der Waals surface area contributed by atoms with Gasteiger partial charge in [0, 0.05) is 27.2 Å².